The topological polar surface area (TPSA) is 121 Å². The van der Waals surface area contributed by atoms with Crippen molar-refractivity contribution < 1.29 is 16.8 Å². The summed E-state index contributed by atoms with van der Waals surface area (Å²) in [6, 6.07) is 4.03. The fourth-order valence-electron chi connectivity index (χ4n) is 1.46. The lowest BCUT2D eigenvalue weighted by Gasteiger charge is -2.10. The number of hydrogen-bond donors (Lipinski definition) is 3. The summed E-state index contributed by atoms with van der Waals surface area (Å²) in [5.41, 5.74) is 0.345. The highest BCUT2D eigenvalue weighted by Crippen LogP contribution is 2.27. The number of H-pyrrole nitrogens is 1. The molecule has 2 rings (SSSR count). The first kappa shape index (κ1) is 15.6. The Labute approximate surface area is 126 Å². The Bertz CT molecular complexity index is 847. The van der Waals surface area contributed by atoms with Crippen LogP contribution in [-0.4, -0.2) is 33.1 Å². The fourth-order valence-corrected chi connectivity index (χ4v) is 3.28. The van der Waals surface area contributed by atoms with Crippen LogP contribution in [0, 0.1) is 0 Å². The van der Waals surface area contributed by atoms with Crippen LogP contribution in [0.2, 0.25) is 5.02 Å². The van der Waals surface area contributed by atoms with Gasteiger partial charge in [-0.05, 0) is 18.2 Å². The van der Waals surface area contributed by atoms with Crippen LogP contribution in [-0.2, 0) is 20.0 Å². The number of nitrogens with one attached hydrogen (secondary N) is 3. The summed E-state index contributed by atoms with van der Waals surface area (Å²) in [7, 11) is -7.27. The Hall–Kier alpha value is -1.78. The van der Waals surface area contributed by atoms with Crippen molar-refractivity contribution in [2.75, 3.05) is 15.7 Å². The number of hydrogen-bond acceptors (Lipinski definition) is 5. The quantitative estimate of drug-likeness (QED) is 0.749. The number of rotatable bonds is 5. The van der Waals surface area contributed by atoms with Gasteiger partial charge in [-0.2, -0.15) is 8.42 Å². The summed E-state index contributed by atoms with van der Waals surface area (Å²) in [6.45, 7) is 0. The Morgan fingerprint density at radius 3 is 2.43 bits per heavy atom. The molecule has 0 aliphatic carbocycles. The molecule has 2 aromatic rings. The van der Waals surface area contributed by atoms with Crippen LogP contribution >= 0.6 is 11.6 Å². The van der Waals surface area contributed by atoms with E-state index in [0.717, 1.165) is 12.5 Å². The van der Waals surface area contributed by atoms with Crippen LogP contribution in [0.3, 0.4) is 0 Å². The molecule has 0 saturated heterocycles. The molecule has 11 heteroatoms. The van der Waals surface area contributed by atoms with Crippen LogP contribution in [0.5, 0.6) is 0 Å². The molecular formula is C10H11ClN4O4S2. The predicted molar refractivity (Wildman–Crippen MR) is 79.3 cm³/mol. The summed E-state index contributed by atoms with van der Waals surface area (Å²) in [4.78, 5) is 6.09. The highest BCUT2D eigenvalue weighted by Gasteiger charge is 2.16. The van der Waals surface area contributed by atoms with Crippen LogP contribution in [0.25, 0.3) is 0 Å². The molecule has 0 aliphatic rings. The summed E-state index contributed by atoms with van der Waals surface area (Å²) in [5, 5.41) is -0.0396. The second-order valence-electron chi connectivity index (χ2n) is 4.09. The van der Waals surface area contributed by atoms with E-state index in [1.165, 1.54) is 24.5 Å². The lowest BCUT2D eigenvalue weighted by molar-refractivity contribution is 0.598. The minimum atomic E-state index is -3.80. The van der Waals surface area contributed by atoms with Crippen molar-refractivity contribution in [2.45, 2.75) is 5.03 Å². The predicted octanol–water partition coefficient (Wildman–Crippen LogP) is 1.24. The van der Waals surface area contributed by atoms with Gasteiger partial charge in [0, 0.05) is 0 Å². The maximum Gasteiger partial charge on any atom is 0.278 e. The molecule has 1 heterocycles. The molecule has 0 fully saturated rings. The number of sulfonamides is 2. The van der Waals surface area contributed by atoms with Gasteiger partial charge in [-0.25, -0.2) is 13.4 Å². The lowest BCUT2D eigenvalue weighted by Crippen LogP contribution is -2.14. The zero-order valence-corrected chi connectivity index (χ0v) is 13.1. The number of imidazole rings is 1. The van der Waals surface area contributed by atoms with E-state index in [9.17, 15) is 16.8 Å². The average Bonchev–Trinajstić information content (AvgIpc) is 2.85. The minimum absolute atomic E-state index is 0.0604. The number of aromatic amines is 1. The number of aromatic nitrogens is 2. The van der Waals surface area contributed by atoms with E-state index in [2.05, 4.69) is 19.4 Å². The number of anilines is 2. The molecule has 21 heavy (non-hydrogen) atoms. The number of benzene rings is 1. The van der Waals surface area contributed by atoms with Gasteiger partial charge < -0.3 is 4.98 Å². The van der Waals surface area contributed by atoms with Gasteiger partial charge in [0.1, 0.15) is 0 Å². The molecule has 0 radical (unpaired) electrons. The third-order valence-electron chi connectivity index (χ3n) is 2.28. The van der Waals surface area contributed by atoms with Crippen LogP contribution in [0.15, 0.2) is 35.7 Å². The molecule has 0 atom stereocenters. The van der Waals surface area contributed by atoms with Crippen LogP contribution in [0.4, 0.5) is 11.4 Å². The van der Waals surface area contributed by atoms with Crippen molar-refractivity contribution in [3.8, 4) is 0 Å². The van der Waals surface area contributed by atoms with E-state index in [4.69, 9.17) is 11.6 Å². The van der Waals surface area contributed by atoms with Gasteiger partial charge in [0.05, 0.1) is 35.2 Å². The lowest BCUT2D eigenvalue weighted by atomic mass is 10.3. The Morgan fingerprint density at radius 1 is 1.19 bits per heavy atom. The average molecular weight is 351 g/mol. The molecule has 114 valence electrons. The molecule has 0 saturated carbocycles. The van der Waals surface area contributed by atoms with Crippen molar-refractivity contribution in [3.63, 3.8) is 0 Å². The van der Waals surface area contributed by atoms with E-state index in [-0.39, 0.29) is 21.4 Å². The first-order valence-corrected chi connectivity index (χ1v) is 9.21. The first-order chi connectivity index (χ1) is 9.67. The van der Waals surface area contributed by atoms with Crippen LogP contribution in [0.1, 0.15) is 0 Å². The van der Waals surface area contributed by atoms with Crippen molar-refractivity contribution >= 4 is 43.0 Å². The Kier molecular flexibility index (Phi) is 4.12. The van der Waals surface area contributed by atoms with Crippen molar-refractivity contribution in [1.82, 2.24) is 9.97 Å². The monoisotopic (exact) mass is 350 g/mol. The number of nitrogens with zero attached hydrogens (tertiary/aromatic N) is 1. The van der Waals surface area contributed by atoms with Gasteiger partial charge in [0.25, 0.3) is 10.0 Å². The zero-order valence-electron chi connectivity index (χ0n) is 10.7. The molecule has 3 N–H and O–H groups in total. The third-order valence-corrected chi connectivity index (χ3v) is 4.49. The van der Waals surface area contributed by atoms with Crippen molar-refractivity contribution in [1.29, 1.82) is 0 Å². The third kappa shape index (κ3) is 4.09. The molecule has 0 bridgehead atoms. The molecule has 0 amide bonds. The van der Waals surface area contributed by atoms with Gasteiger partial charge in [-0.1, -0.05) is 11.6 Å². The normalized spacial score (nSPS) is 12.1. The fraction of sp³-hybridized carbons (Fsp3) is 0.100. The molecule has 0 aliphatic heterocycles. The maximum atomic E-state index is 12.0. The van der Waals surface area contributed by atoms with E-state index in [0.29, 0.717) is 0 Å². The van der Waals surface area contributed by atoms with Gasteiger partial charge >= 0.3 is 0 Å². The van der Waals surface area contributed by atoms with Gasteiger partial charge in [-0.3, -0.25) is 9.44 Å². The highest BCUT2D eigenvalue weighted by atomic mass is 35.5. The summed E-state index contributed by atoms with van der Waals surface area (Å²) in [5.74, 6) is 0. The SMILES string of the molecule is CS(=O)(=O)Nc1ccc(NS(=O)(=O)c2cnc[nH]2)cc1Cl. The first-order valence-electron chi connectivity index (χ1n) is 5.46. The Morgan fingerprint density at radius 2 is 1.90 bits per heavy atom. The zero-order chi connectivity index (χ0) is 15.7. The standard InChI is InChI=1S/C10H11ClN4O4S2/c1-20(16,17)15-9-3-2-7(4-8(9)11)14-21(18,19)10-5-12-6-13-10/h2-6,14-15H,1H3,(H,12,13). The van der Waals surface area contributed by atoms with E-state index in [1.54, 1.807) is 0 Å². The molecular weight excluding hydrogens is 340 g/mol. The second-order valence-corrected chi connectivity index (χ2v) is 7.90. The van der Waals surface area contributed by atoms with Gasteiger partial charge in [0.2, 0.25) is 10.0 Å². The van der Waals surface area contributed by atoms with Gasteiger partial charge in [-0.15, -0.1) is 0 Å². The Balaban J connectivity index is 2.25. The molecule has 8 nitrogen and oxygen atoms in total. The van der Waals surface area contributed by atoms with Crippen molar-refractivity contribution in [2.24, 2.45) is 0 Å². The van der Waals surface area contributed by atoms with E-state index >= 15 is 0 Å². The number of halogens is 1. The minimum Gasteiger partial charge on any atom is -0.334 e. The molecule has 1 aromatic carbocycles. The molecule has 0 unspecified atom stereocenters. The van der Waals surface area contributed by atoms with Gasteiger partial charge in [0.15, 0.2) is 5.03 Å². The van der Waals surface area contributed by atoms with E-state index in [1.807, 2.05) is 0 Å². The molecule has 0 spiro atoms. The maximum absolute atomic E-state index is 12.0. The summed E-state index contributed by atoms with van der Waals surface area (Å²) < 4.78 is 50.7. The summed E-state index contributed by atoms with van der Waals surface area (Å²) >= 11 is 5.91. The van der Waals surface area contributed by atoms with Crippen LogP contribution < -0.4 is 9.44 Å². The summed E-state index contributed by atoms with van der Waals surface area (Å²) in [6.07, 6.45) is 3.38. The smallest absolute Gasteiger partial charge is 0.278 e. The highest BCUT2D eigenvalue weighted by molar-refractivity contribution is 7.92. The second kappa shape index (κ2) is 5.54. The van der Waals surface area contributed by atoms with Crippen molar-refractivity contribution in [3.05, 3.63) is 35.7 Å². The van der Waals surface area contributed by atoms with E-state index < -0.39 is 20.0 Å². The molecule has 1 aromatic heterocycles. The largest absolute Gasteiger partial charge is 0.334 e.